The fraction of sp³-hybridized carbons (Fsp3) is 0.700. The van der Waals surface area contributed by atoms with Crippen molar-refractivity contribution >= 4 is 5.91 Å². The fourth-order valence-electron chi connectivity index (χ4n) is 2.22. The summed E-state index contributed by atoms with van der Waals surface area (Å²) in [5.41, 5.74) is -0.262. The molecular weight excluding hydrogens is 164 g/mol. The van der Waals surface area contributed by atoms with Gasteiger partial charge in [0.05, 0.1) is 0 Å². The Bertz CT molecular complexity index is 241. The summed E-state index contributed by atoms with van der Waals surface area (Å²) < 4.78 is 0. The molecule has 1 amide bonds. The average Bonchev–Trinajstić information content (AvgIpc) is 2.55. The minimum absolute atomic E-state index is 0.259. The molecule has 2 aliphatic heterocycles. The Morgan fingerprint density at radius 1 is 1.54 bits per heavy atom. The van der Waals surface area contributed by atoms with Gasteiger partial charge in [-0.05, 0) is 25.8 Å². The molecule has 1 fully saturated rings. The lowest BCUT2D eigenvalue weighted by Crippen LogP contribution is -2.52. The molecule has 0 aromatic rings. The summed E-state index contributed by atoms with van der Waals surface area (Å²) >= 11 is 0. The van der Waals surface area contributed by atoms with Crippen LogP contribution in [0.5, 0.6) is 0 Å². The highest BCUT2D eigenvalue weighted by atomic mass is 16.2. The Balaban J connectivity index is 2.24. The molecule has 0 radical (unpaired) electrons. The van der Waals surface area contributed by atoms with Crippen molar-refractivity contribution in [3.8, 4) is 0 Å². The smallest absolute Gasteiger partial charge is 0.243 e. The van der Waals surface area contributed by atoms with Gasteiger partial charge in [0.1, 0.15) is 5.54 Å². The first kappa shape index (κ1) is 8.75. The lowest BCUT2D eigenvalue weighted by atomic mass is 9.92. The van der Waals surface area contributed by atoms with Crippen LogP contribution >= 0.6 is 0 Å². The van der Waals surface area contributed by atoms with Crippen LogP contribution in [0.4, 0.5) is 0 Å². The van der Waals surface area contributed by atoms with Gasteiger partial charge in [0.15, 0.2) is 0 Å². The summed E-state index contributed by atoms with van der Waals surface area (Å²) in [6, 6.07) is 0. The molecule has 0 unspecified atom stereocenters. The predicted molar refractivity (Wildman–Crippen MR) is 51.4 cm³/mol. The highest BCUT2D eigenvalue weighted by Crippen LogP contribution is 2.27. The van der Waals surface area contributed by atoms with Crippen molar-refractivity contribution in [3.63, 3.8) is 0 Å². The van der Waals surface area contributed by atoms with Crippen molar-refractivity contribution in [1.82, 2.24) is 10.2 Å². The maximum absolute atomic E-state index is 12.0. The van der Waals surface area contributed by atoms with Gasteiger partial charge >= 0.3 is 0 Å². The van der Waals surface area contributed by atoms with Crippen LogP contribution in [0.15, 0.2) is 12.2 Å². The summed E-state index contributed by atoms with van der Waals surface area (Å²) in [5.74, 6) is 0.259. The number of carbonyl (C=O) groups excluding carboxylic acids is 1. The third-order valence-corrected chi connectivity index (χ3v) is 3.01. The van der Waals surface area contributed by atoms with E-state index < -0.39 is 0 Å². The molecule has 1 spiro atoms. The van der Waals surface area contributed by atoms with E-state index in [9.17, 15) is 4.79 Å². The largest absolute Gasteiger partial charge is 0.340 e. The number of amides is 1. The molecule has 0 aromatic carbocycles. The molecular formula is C10H16N2O. The van der Waals surface area contributed by atoms with E-state index in [1.54, 1.807) is 0 Å². The minimum Gasteiger partial charge on any atom is -0.340 e. The normalized spacial score (nSPS) is 34.2. The van der Waals surface area contributed by atoms with Crippen LogP contribution in [0.2, 0.25) is 0 Å². The fourth-order valence-corrected chi connectivity index (χ4v) is 2.22. The van der Waals surface area contributed by atoms with Gasteiger partial charge in [-0.2, -0.15) is 0 Å². The standard InChI is InChI=1S/C10H16N2O/c1-12-8-3-2-5-10(9(12)13)6-4-7-11-10/h2-3,11H,4-8H2,1H3/t10-/m0/s1. The third-order valence-electron chi connectivity index (χ3n) is 3.01. The van der Waals surface area contributed by atoms with Crippen LogP contribution in [0.25, 0.3) is 0 Å². The molecule has 1 N–H and O–H groups in total. The van der Waals surface area contributed by atoms with Gasteiger partial charge in [-0.15, -0.1) is 0 Å². The first-order chi connectivity index (χ1) is 6.25. The molecule has 2 heterocycles. The van der Waals surface area contributed by atoms with E-state index in [1.807, 2.05) is 11.9 Å². The number of rotatable bonds is 0. The van der Waals surface area contributed by atoms with Gasteiger partial charge < -0.3 is 10.2 Å². The first-order valence-corrected chi connectivity index (χ1v) is 4.90. The van der Waals surface area contributed by atoms with Gasteiger partial charge in [0.25, 0.3) is 0 Å². The van der Waals surface area contributed by atoms with Crippen LogP contribution < -0.4 is 5.32 Å². The Hall–Kier alpha value is -0.830. The molecule has 3 nitrogen and oxygen atoms in total. The molecule has 0 aliphatic carbocycles. The Labute approximate surface area is 78.8 Å². The summed E-state index contributed by atoms with van der Waals surface area (Å²) in [5, 5.41) is 3.35. The van der Waals surface area contributed by atoms with Crippen LogP contribution in [-0.4, -0.2) is 36.5 Å². The minimum atomic E-state index is -0.262. The van der Waals surface area contributed by atoms with E-state index in [0.29, 0.717) is 0 Å². The average molecular weight is 180 g/mol. The molecule has 3 heteroatoms. The molecule has 0 saturated carbocycles. The second-order valence-corrected chi connectivity index (χ2v) is 3.97. The molecule has 1 saturated heterocycles. The lowest BCUT2D eigenvalue weighted by Gasteiger charge is -2.29. The quantitative estimate of drug-likeness (QED) is 0.551. The second-order valence-electron chi connectivity index (χ2n) is 3.97. The Morgan fingerprint density at radius 3 is 3.08 bits per heavy atom. The van der Waals surface area contributed by atoms with Crippen molar-refractivity contribution in [2.45, 2.75) is 24.8 Å². The van der Waals surface area contributed by atoms with Crippen molar-refractivity contribution in [2.75, 3.05) is 20.1 Å². The van der Waals surface area contributed by atoms with E-state index in [0.717, 1.165) is 32.4 Å². The number of nitrogens with one attached hydrogen (secondary N) is 1. The number of likely N-dealkylation sites (N-methyl/N-ethyl adjacent to an activating group) is 1. The van der Waals surface area contributed by atoms with Crippen molar-refractivity contribution in [3.05, 3.63) is 12.2 Å². The second kappa shape index (κ2) is 3.14. The lowest BCUT2D eigenvalue weighted by molar-refractivity contribution is -0.135. The predicted octanol–water partition coefficient (Wildman–Crippen LogP) is 0.527. The van der Waals surface area contributed by atoms with Gasteiger partial charge in [-0.3, -0.25) is 4.79 Å². The number of hydrogen-bond acceptors (Lipinski definition) is 2. The van der Waals surface area contributed by atoms with E-state index in [1.165, 1.54) is 0 Å². The van der Waals surface area contributed by atoms with Crippen molar-refractivity contribution < 1.29 is 4.79 Å². The zero-order chi connectivity index (χ0) is 9.31. The highest BCUT2D eigenvalue weighted by Gasteiger charge is 2.41. The zero-order valence-electron chi connectivity index (χ0n) is 8.05. The first-order valence-electron chi connectivity index (χ1n) is 4.90. The summed E-state index contributed by atoms with van der Waals surface area (Å²) in [6.45, 7) is 1.73. The number of hydrogen-bond donors (Lipinski definition) is 1. The van der Waals surface area contributed by atoms with Gasteiger partial charge in [-0.1, -0.05) is 12.2 Å². The summed E-state index contributed by atoms with van der Waals surface area (Å²) in [4.78, 5) is 13.8. The monoisotopic (exact) mass is 180 g/mol. The third kappa shape index (κ3) is 1.37. The maximum atomic E-state index is 12.0. The van der Waals surface area contributed by atoms with Crippen LogP contribution in [0.3, 0.4) is 0 Å². The molecule has 0 bridgehead atoms. The highest BCUT2D eigenvalue weighted by molar-refractivity contribution is 5.87. The molecule has 2 aliphatic rings. The van der Waals surface area contributed by atoms with Crippen LogP contribution in [-0.2, 0) is 4.79 Å². The number of nitrogens with zero attached hydrogens (tertiary/aromatic N) is 1. The van der Waals surface area contributed by atoms with E-state index in [2.05, 4.69) is 17.5 Å². The molecule has 0 aromatic heterocycles. The topological polar surface area (TPSA) is 32.3 Å². The summed E-state index contributed by atoms with van der Waals surface area (Å²) in [7, 11) is 1.87. The molecule has 1 atom stereocenters. The van der Waals surface area contributed by atoms with Crippen LogP contribution in [0, 0.1) is 0 Å². The maximum Gasteiger partial charge on any atom is 0.243 e. The van der Waals surface area contributed by atoms with Crippen LogP contribution in [0.1, 0.15) is 19.3 Å². The van der Waals surface area contributed by atoms with E-state index in [4.69, 9.17) is 0 Å². The molecule has 2 rings (SSSR count). The van der Waals surface area contributed by atoms with Gasteiger partial charge in [0.2, 0.25) is 5.91 Å². The number of carbonyl (C=O) groups is 1. The van der Waals surface area contributed by atoms with Crippen molar-refractivity contribution in [1.29, 1.82) is 0 Å². The Kier molecular flexibility index (Phi) is 2.12. The van der Waals surface area contributed by atoms with Gasteiger partial charge in [-0.25, -0.2) is 0 Å². The molecule has 13 heavy (non-hydrogen) atoms. The van der Waals surface area contributed by atoms with E-state index in [-0.39, 0.29) is 11.4 Å². The van der Waals surface area contributed by atoms with Gasteiger partial charge in [0, 0.05) is 13.6 Å². The SMILES string of the molecule is CN1CC=CC[C@]2(CCCN2)C1=O. The zero-order valence-corrected chi connectivity index (χ0v) is 8.05. The Morgan fingerprint density at radius 2 is 2.38 bits per heavy atom. The summed E-state index contributed by atoms with van der Waals surface area (Å²) in [6.07, 6.45) is 7.16. The van der Waals surface area contributed by atoms with Crippen molar-refractivity contribution in [2.24, 2.45) is 0 Å². The van der Waals surface area contributed by atoms with E-state index >= 15 is 0 Å². The molecule has 72 valence electrons.